The number of β-lactam (4-membered cyclic amide) rings is 1. The van der Waals surface area contributed by atoms with E-state index in [4.69, 9.17) is 11.6 Å². The average molecular weight is 470 g/mol. The van der Waals surface area contributed by atoms with Crippen molar-refractivity contribution in [3.8, 4) is 0 Å². The van der Waals surface area contributed by atoms with E-state index in [2.05, 4.69) is 5.32 Å². The predicted molar refractivity (Wildman–Crippen MR) is 120 cm³/mol. The Hall–Kier alpha value is -2.81. The summed E-state index contributed by atoms with van der Waals surface area (Å²) in [6.07, 6.45) is 0. The van der Waals surface area contributed by atoms with Crippen LogP contribution in [0.5, 0.6) is 0 Å². The summed E-state index contributed by atoms with van der Waals surface area (Å²) in [7, 11) is 0. The van der Waals surface area contributed by atoms with Crippen molar-refractivity contribution < 1.29 is 19.5 Å². The minimum atomic E-state index is -1.24. The molecule has 2 aromatic carbocycles. The largest absolute Gasteiger partial charge is 0.477 e. The van der Waals surface area contributed by atoms with Crippen molar-refractivity contribution in [1.82, 2.24) is 15.1 Å². The van der Waals surface area contributed by atoms with Crippen LogP contribution in [0.4, 0.5) is 0 Å². The molecule has 3 heterocycles. The molecule has 0 radical (unpaired) electrons. The van der Waals surface area contributed by atoms with Crippen molar-refractivity contribution in [2.45, 2.75) is 30.0 Å². The summed E-state index contributed by atoms with van der Waals surface area (Å²) in [5.41, 5.74) is 0.486. The Bertz CT molecular complexity index is 1140. The number of fused-ring (bicyclic) bond motifs is 1. The van der Waals surface area contributed by atoms with Gasteiger partial charge in [0, 0.05) is 5.75 Å². The van der Waals surface area contributed by atoms with E-state index in [-0.39, 0.29) is 22.4 Å². The normalized spacial score (nSPS) is 29.8. The third-order valence-electron chi connectivity index (χ3n) is 6.23. The number of rotatable bonds is 4. The van der Waals surface area contributed by atoms with Crippen LogP contribution in [0.1, 0.15) is 24.1 Å². The zero-order chi connectivity index (χ0) is 22.6. The van der Waals surface area contributed by atoms with E-state index in [9.17, 15) is 19.5 Å². The molecule has 0 spiro atoms. The van der Waals surface area contributed by atoms with Crippen LogP contribution in [0.15, 0.2) is 71.4 Å². The van der Waals surface area contributed by atoms with Gasteiger partial charge in [-0.1, -0.05) is 72.3 Å². The molecule has 2 fully saturated rings. The number of thioether (sulfide) groups is 1. The summed E-state index contributed by atoms with van der Waals surface area (Å²) in [5.74, 6) is -1.64. The van der Waals surface area contributed by atoms with Gasteiger partial charge in [-0.25, -0.2) is 4.79 Å². The molecular formula is C23H20ClN3O4S. The Morgan fingerprint density at radius 1 is 1.09 bits per heavy atom. The van der Waals surface area contributed by atoms with Crippen LogP contribution in [-0.4, -0.2) is 49.9 Å². The number of amides is 2. The first-order valence-corrected chi connectivity index (χ1v) is 11.5. The number of carboxylic acid groups (broad SMARTS) is 1. The lowest BCUT2D eigenvalue weighted by Gasteiger charge is -2.54. The summed E-state index contributed by atoms with van der Waals surface area (Å²) in [4.78, 5) is 41.6. The fourth-order valence-corrected chi connectivity index (χ4v) is 6.30. The van der Waals surface area contributed by atoms with Crippen molar-refractivity contribution in [3.63, 3.8) is 0 Å². The summed E-state index contributed by atoms with van der Waals surface area (Å²) < 4.78 is 0. The summed E-state index contributed by atoms with van der Waals surface area (Å²) in [6.45, 7) is 1.88. The number of hydrogen-bond donors (Lipinski definition) is 2. The number of carbonyl (C=O) groups is 3. The number of nitrogens with one attached hydrogen (secondary N) is 1. The third-order valence-corrected chi connectivity index (χ3v) is 7.97. The first-order chi connectivity index (χ1) is 15.3. The highest BCUT2D eigenvalue weighted by Gasteiger charge is 2.63. The zero-order valence-electron chi connectivity index (χ0n) is 17.1. The summed E-state index contributed by atoms with van der Waals surface area (Å²) in [5, 5.41) is 12.6. The number of carboxylic acids is 1. The highest BCUT2D eigenvalue weighted by atomic mass is 35.5. The van der Waals surface area contributed by atoms with Crippen molar-refractivity contribution in [1.29, 1.82) is 0 Å². The Morgan fingerprint density at radius 2 is 1.72 bits per heavy atom. The summed E-state index contributed by atoms with van der Waals surface area (Å²) >= 11 is 7.49. The second kappa shape index (κ2) is 7.65. The standard InChI is InChI=1S/C23H20ClN3O4S/c1-23(14-10-6-3-7-11-14)25-16(13-8-4-2-5-9-13)19(28)27(23)18-20(29)26-17(22(30)31)15(24)12-32-21(18)26/h2-11,16,18,21,25H,12H2,1H3,(H,30,31)/t16?,18-,21+,23?/m1/s1. The van der Waals surface area contributed by atoms with Crippen LogP contribution in [0, 0.1) is 0 Å². The smallest absolute Gasteiger partial charge is 0.353 e. The lowest BCUT2D eigenvalue weighted by Crippen LogP contribution is -2.73. The predicted octanol–water partition coefficient (Wildman–Crippen LogP) is 2.85. The van der Waals surface area contributed by atoms with Gasteiger partial charge in [-0.05, 0) is 18.1 Å². The van der Waals surface area contributed by atoms with Gasteiger partial charge in [-0.15, -0.1) is 11.8 Å². The van der Waals surface area contributed by atoms with Gasteiger partial charge in [-0.2, -0.15) is 0 Å². The van der Waals surface area contributed by atoms with Gasteiger partial charge in [-0.3, -0.25) is 19.8 Å². The minimum Gasteiger partial charge on any atom is -0.477 e. The van der Waals surface area contributed by atoms with Crippen LogP contribution in [0.25, 0.3) is 0 Å². The molecule has 0 aliphatic carbocycles. The molecule has 2 unspecified atom stereocenters. The van der Waals surface area contributed by atoms with Crippen LogP contribution in [0.2, 0.25) is 0 Å². The van der Waals surface area contributed by atoms with Crippen LogP contribution < -0.4 is 5.32 Å². The quantitative estimate of drug-likeness (QED) is 0.669. The van der Waals surface area contributed by atoms with E-state index in [1.54, 1.807) is 4.90 Å². The van der Waals surface area contributed by atoms with Crippen LogP contribution in [0.3, 0.4) is 0 Å². The van der Waals surface area contributed by atoms with Crippen molar-refractivity contribution >= 4 is 41.1 Å². The number of benzene rings is 2. The molecule has 5 rings (SSSR count). The number of carbonyl (C=O) groups excluding carboxylic acids is 2. The van der Waals surface area contributed by atoms with Gasteiger partial charge < -0.3 is 10.0 Å². The maximum Gasteiger partial charge on any atom is 0.353 e. The lowest BCUT2D eigenvalue weighted by molar-refractivity contribution is -0.163. The average Bonchev–Trinajstić information content (AvgIpc) is 3.06. The molecule has 0 saturated carbocycles. The maximum absolute atomic E-state index is 13.8. The Balaban J connectivity index is 1.58. The number of aliphatic carboxylic acids is 1. The van der Waals surface area contributed by atoms with Gasteiger partial charge in [0.25, 0.3) is 5.91 Å². The molecule has 32 heavy (non-hydrogen) atoms. The fraction of sp³-hybridized carbons (Fsp3) is 0.261. The second-order valence-electron chi connectivity index (χ2n) is 8.05. The van der Waals surface area contributed by atoms with Crippen molar-refractivity contribution in [2.24, 2.45) is 0 Å². The van der Waals surface area contributed by atoms with Gasteiger partial charge in [0.2, 0.25) is 5.91 Å². The van der Waals surface area contributed by atoms with Gasteiger partial charge in [0.05, 0.1) is 5.03 Å². The number of nitrogens with zero attached hydrogens (tertiary/aromatic N) is 2. The molecular weight excluding hydrogens is 450 g/mol. The van der Waals surface area contributed by atoms with Crippen LogP contribution >= 0.6 is 23.4 Å². The Morgan fingerprint density at radius 3 is 2.34 bits per heavy atom. The van der Waals surface area contributed by atoms with Gasteiger partial charge in [0.1, 0.15) is 28.8 Å². The Kier molecular flexibility index (Phi) is 5.03. The monoisotopic (exact) mass is 469 g/mol. The van der Waals surface area contributed by atoms with E-state index in [1.165, 1.54) is 16.7 Å². The molecule has 2 saturated heterocycles. The van der Waals surface area contributed by atoms with E-state index < -0.39 is 35.0 Å². The van der Waals surface area contributed by atoms with Crippen molar-refractivity contribution in [2.75, 3.05) is 5.75 Å². The molecule has 0 aromatic heterocycles. The van der Waals surface area contributed by atoms with E-state index in [1.807, 2.05) is 67.6 Å². The molecule has 3 aliphatic rings. The first kappa shape index (κ1) is 21.1. The molecule has 4 atom stereocenters. The lowest BCUT2D eigenvalue weighted by atomic mass is 9.95. The zero-order valence-corrected chi connectivity index (χ0v) is 18.6. The topological polar surface area (TPSA) is 90.0 Å². The molecule has 2 amide bonds. The van der Waals surface area contributed by atoms with Gasteiger partial charge in [0.15, 0.2) is 0 Å². The summed E-state index contributed by atoms with van der Waals surface area (Å²) in [6, 6.07) is 17.4. The molecule has 2 N–H and O–H groups in total. The second-order valence-corrected chi connectivity index (χ2v) is 9.61. The van der Waals surface area contributed by atoms with E-state index in [0.29, 0.717) is 0 Å². The van der Waals surface area contributed by atoms with Crippen LogP contribution in [-0.2, 0) is 20.0 Å². The SMILES string of the molecule is CC1(c2ccccc2)NC(c2ccccc2)C(=O)N1[C@@H]1C(=O)N2C(C(=O)O)=C(Cl)CS[C@@H]12. The molecule has 164 valence electrons. The first-order valence-electron chi connectivity index (χ1n) is 10.1. The molecule has 9 heteroatoms. The number of halogens is 1. The number of hydrogen-bond acceptors (Lipinski definition) is 5. The third kappa shape index (κ3) is 2.97. The molecule has 7 nitrogen and oxygen atoms in total. The highest BCUT2D eigenvalue weighted by molar-refractivity contribution is 8.00. The highest BCUT2D eigenvalue weighted by Crippen LogP contribution is 2.48. The molecule has 3 aliphatic heterocycles. The molecule has 2 aromatic rings. The minimum absolute atomic E-state index is 0.129. The van der Waals surface area contributed by atoms with Gasteiger partial charge >= 0.3 is 5.97 Å². The molecule has 0 bridgehead atoms. The fourth-order valence-electron chi connectivity index (χ4n) is 4.71. The Labute approximate surface area is 194 Å². The van der Waals surface area contributed by atoms with E-state index >= 15 is 0 Å². The van der Waals surface area contributed by atoms with E-state index in [0.717, 1.165) is 11.1 Å². The maximum atomic E-state index is 13.8. The van der Waals surface area contributed by atoms with Crippen molar-refractivity contribution in [3.05, 3.63) is 82.5 Å².